The SMILES string of the molecule is N#Cc1ccc(N(CCCO)CC(F)(F)F)cc1C(F)(F)F. The Balaban J connectivity index is 3.22. The molecule has 1 rings (SSSR count). The number of alkyl halides is 6. The molecule has 0 saturated heterocycles. The quantitative estimate of drug-likeness (QED) is 0.845. The minimum Gasteiger partial charge on any atom is -0.396 e. The second kappa shape index (κ2) is 6.87. The Morgan fingerprint density at radius 3 is 2.23 bits per heavy atom. The molecule has 0 fully saturated rings. The molecule has 1 aromatic carbocycles. The minimum atomic E-state index is -4.85. The molecule has 3 nitrogen and oxygen atoms in total. The molecule has 0 saturated carbocycles. The fourth-order valence-electron chi connectivity index (χ4n) is 1.84. The minimum absolute atomic E-state index is 0.0303. The normalized spacial score (nSPS) is 12.1. The van der Waals surface area contributed by atoms with Gasteiger partial charge in [0.2, 0.25) is 0 Å². The maximum Gasteiger partial charge on any atom is 0.417 e. The van der Waals surface area contributed by atoms with Gasteiger partial charge in [-0.3, -0.25) is 0 Å². The predicted octanol–water partition coefficient (Wildman–Crippen LogP) is 3.33. The molecule has 0 bridgehead atoms. The van der Waals surface area contributed by atoms with Gasteiger partial charge in [0.1, 0.15) is 6.54 Å². The zero-order valence-electron chi connectivity index (χ0n) is 11.2. The van der Waals surface area contributed by atoms with Gasteiger partial charge in [0.15, 0.2) is 0 Å². The number of benzene rings is 1. The number of aliphatic hydroxyl groups is 1. The van der Waals surface area contributed by atoms with E-state index in [1.54, 1.807) is 0 Å². The molecule has 22 heavy (non-hydrogen) atoms. The maximum absolute atomic E-state index is 12.8. The summed E-state index contributed by atoms with van der Waals surface area (Å²) in [6.07, 6.45) is -9.48. The highest BCUT2D eigenvalue weighted by molar-refractivity contribution is 5.55. The highest BCUT2D eigenvalue weighted by Crippen LogP contribution is 2.35. The molecule has 0 atom stereocenters. The van der Waals surface area contributed by atoms with Crippen molar-refractivity contribution in [3.63, 3.8) is 0 Å². The fourth-order valence-corrected chi connectivity index (χ4v) is 1.84. The zero-order valence-corrected chi connectivity index (χ0v) is 11.2. The summed E-state index contributed by atoms with van der Waals surface area (Å²) in [5.74, 6) is 0. The number of nitrogens with zero attached hydrogens (tertiary/aromatic N) is 2. The average Bonchev–Trinajstić information content (AvgIpc) is 2.40. The van der Waals surface area contributed by atoms with E-state index in [9.17, 15) is 26.3 Å². The van der Waals surface area contributed by atoms with Gasteiger partial charge in [0.25, 0.3) is 0 Å². The van der Waals surface area contributed by atoms with Gasteiger partial charge in [0, 0.05) is 18.8 Å². The van der Waals surface area contributed by atoms with Crippen molar-refractivity contribution in [3.05, 3.63) is 29.3 Å². The zero-order chi connectivity index (χ0) is 17.0. The second-order valence-corrected chi connectivity index (χ2v) is 4.45. The van der Waals surface area contributed by atoms with Crippen LogP contribution >= 0.6 is 0 Å². The summed E-state index contributed by atoms with van der Waals surface area (Å²) in [6, 6.07) is 3.73. The van der Waals surface area contributed by atoms with Crippen LogP contribution in [-0.2, 0) is 6.18 Å². The Hall–Kier alpha value is -1.95. The third kappa shape index (κ3) is 5.11. The lowest BCUT2D eigenvalue weighted by atomic mass is 10.1. The average molecular weight is 326 g/mol. The van der Waals surface area contributed by atoms with Gasteiger partial charge in [-0.15, -0.1) is 0 Å². The Morgan fingerprint density at radius 1 is 1.14 bits per heavy atom. The van der Waals surface area contributed by atoms with Gasteiger partial charge in [-0.05, 0) is 24.6 Å². The van der Waals surface area contributed by atoms with Crippen molar-refractivity contribution in [2.24, 2.45) is 0 Å². The second-order valence-electron chi connectivity index (χ2n) is 4.45. The Morgan fingerprint density at radius 2 is 1.77 bits per heavy atom. The lowest BCUT2D eigenvalue weighted by Crippen LogP contribution is -2.35. The third-order valence-corrected chi connectivity index (χ3v) is 2.75. The first-order valence-corrected chi connectivity index (χ1v) is 6.12. The molecule has 0 spiro atoms. The summed E-state index contributed by atoms with van der Waals surface area (Å²) >= 11 is 0. The fraction of sp³-hybridized carbons (Fsp3) is 0.462. The molecule has 0 aliphatic heterocycles. The summed E-state index contributed by atoms with van der Waals surface area (Å²) in [5, 5.41) is 17.4. The molecule has 9 heteroatoms. The summed E-state index contributed by atoms with van der Waals surface area (Å²) in [5.41, 5.74) is -2.26. The van der Waals surface area contributed by atoms with E-state index in [4.69, 9.17) is 10.4 Å². The van der Waals surface area contributed by atoms with Crippen molar-refractivity contribution in [2.45, 2.75) is 18.8 Å². The molecule has 0 aromatic heterocycles. The first-order valence-electron chi connectivity index (χ1n) is 6.12. The van der Waals surface area contributed by atoms with Crippen LogP contribution in [0.2, 0.25) is 0 Å². The highest BCUT2D eigenvalue weighted by Gasteiger charge is 2.35. The molecule has 1 aromatic rings. The topological polar surface area (TPSA) is 47.3 Å². The molecule has 0 unspecified atom stereocenters. The van der Waals surface area contributed by atoms with Crippen LogP contribution in [0, 0.1) is 11.3 Å². The van der Waals surface area contributed by atoms with Gasteiger partial charge < -0.3 is 10.0 Å². The van der Waals surface area contributed by atoms with Crippen molar-refractivity contribution in [3.8, 4) is 6.07 Å². The van der Waals surface area contributed by atoms with Crippen LogP contribution in [0.5, 0.6) is 0 Å². The molecule has 0 radical (unpaired) electrons. The molecular formula is C13H12F6N2O. The maximum atomic E-state index is 12.8. The van der Waals surface area contributed by atoms with E-state index in [0.29, 0.717) is 11.0 Å². The lowest BCUT2D eigenvalue weighted by Gasteiger charge is -2.26. The smallest absolute Gasteiger partial charge is 0.396 e. The number of hydrogen-bond acceptors (Lipinski definition) is 3. The molecule has 122 valence electrons. The van der Waals surface area contributed by atoms with E-state index in [1.165, 1.54) is 6.07 Å². The predicted molar refractivity (Wildman–Crippen MR) is 66.1 cm³/mol. The van der Waals surface area contributed by atoms with Crippen molar-refractivity contribution < 1.29 is 31.4 Å². The van der Waals surface area contributed by atoms with E-state index < -0.39 is 36.6 Å². The van der Waals surface area contributed by atoms with Crippen LogP contribution in [-0.4, -0.2) is 31.0 Å². The van der Waals surface area contributed by atoms with E-state index in [1.807, 2.05) is 0 Å². The summed E-state index contributed by atoms with van der Waals surface area (Å²) in [7, 11) is 0. The van der Waals surface area contributed by atoms with E-state index in [2.05, 4.69) is 0 Å². The number of rotatable bonds is 5. The first-order chi connectivity index (χ1) is 10.1. The summed E-state index contributed by atoms with van der Waals surface area (Å²) in [4.78, 5) is 0.687. The summed E-state index contributed by atoms with van der Waals surface area (Å²) < 4.78 is 76.1. The van der Waals surface area contributed by atoms with E-state index >= 15 is 0 Å². The Labute approximate surface area is 122 Å². The monoisotopic (exact) mass is 326 g/mol. The molecule has 0 heterocycles. The van der Waals surface area contributed by atoms with Gasteiger partial charge in [-0.2, -0.15) is 31.6 Å². The van der Waals surface area contributed by atoms with Crippen molar-refractivity contribution in [1.29, 1.82) is 5.26 Å². The lowest BCUT2D eigenvalue weighted by molar-refractivity contribution is -0.137. The van der Waals surface area contributed by atoms with Crippen molar-refractivity contribution >= 4 is 5.69 Å². The highest BCUT2D eigenvalue weighted by atomic mass is 19.4. The largest absolute Gasteiger partial charge is 0.417 e. The van der Waals surface area contributed by atoms with Gasteiger partial charge in [-0.25, -0.2) is 0 Å². The van der Waals surface area contributed by atoms with Crippen LogP contribution in [0.15, 0.2) is 18.2 Å². The van der Waals surface area contributed by atoms with Crippen LogP contribution < -0.4 is 4.90 Å². The number of nitriles is 1. The van der Waals surface area contributed by atoms with E-state index in [0.717, 1.165) is 12.1 Å². The van der Waals surface area contributed by atoms with E-state index in [-0.39, 0.29) is 18.7 Å². The molecule has 1 N–H and O–H groups in total. The standard InChI is InChI=1S/C13H12F6N2O/c14-12(15,16)8-21(4-1-5-22)10-3-2-9(7-20)11(6-10)13(17,18)19/h2-3,6,22H,1,4-5,8H2. The number of halogens is 6. The van der Waals surface area contributed by atoms with Gasteiger partial charge in [0.05, 0.1) is 17.2 Å². The van der Waals surface area contributed by atoms with Gasteiger partial charge >= 0.3 is 12.4 Å². The molecule has 0 amide bonds. The first kappa shape index (κ1) is 18.1. The molecule has 0 aliphatic carbocycles. The number of hydrogen-bond donors (Lipinski definition) is 1. The Bertz CT molecular complexity index is 547. The number of anilines is 1. The van der Waals surface area contributed by atoms with Gasteiger partial charge in [-0.1, -0.05) is 0 Å². The summed E-state index contributed by atoms with van der Waals surface area (Å²) in [6.45, 7) is -2.10. The Kier molecular flexibility index (Phi) is 5.65. The van der Waals surface area contributed by atoms with Crippen LogP contribution in [0.4, 0.5) is 32.0 Å². The number of aliphatic hydroxyl groups excluding tert-OH is 1. The van der Waals surface area contributed by atoms with Crippen molar-refractivity contribution in [2.75, 3.05) is 24.6 Å². The molecule has 0 aliphatic rings. The van der Waals surface area contributed by atoms with Crippen molar-refractivity contribution in [1.82, 2.24) is 0 Å². The third-order valence-electron chi connectivity index (χ3n) is 2.75. The molecular weight excluding hydrogens is 314 g/mol. The van der Waals surface area contributed by atoms with Crippen LogP contribution in [0.3, 0.4) is 0 Å². The van der Waals surface area contributed by atoms with Crippen LogP contribution in [0.25, 0.3) is 0 Å². The van der Waals surface area contributed by atoms with Crippen LogP contribution in [0.1, 0.15) is 17.5 Å².